The number of hydrogen-bond donors (Lipinski definition) is 9. The van der Waals surface area contributed by atoms with Gasteiger partial charge >= 0.3 is 5.97 Å². The minimum atomic E-state index is -1.34. The van der Waals surface area contributed by atoms with E-state index in [0.29, 0.717) is 11.3 Å². The lowest BCUT2D eigenvalue weighted by molar-refractivity contribution is -0.142. The Morgan fingerprint density at radius 1 is 0.822 bits per heavy atom. The number of carbonyl (C=O) groups is 4. The molecule has 4 unspecified atom stereocenters. The van der Waals surface area contributed by atoms with Crippen molar-refractivity contribution in [1.29, 1.82) is 0 Å². The lowest BCUT2D eigenvalue weighted by Crippen LogP contribution is -2.58. The Morgan fingerprint density at radius 3 is 2.07 bits per heavy atom. The molecule has 3 aromatic rings. The lowest BCUT2D eigenvalue weighted by atomic mass is 10.0. The van der Waals surface area contributed by atoms with E-state index in [4.69, 9.17) is 17.2 Å². The van der Waals surface area contributed by atoms with E-state index in [2.05, 4.69) is 30.9 Å². The van der Waals surface area contributed by atoms with E-state index in [1.807, 2.05) is 30.3 Å². The van der Waals surface area contributed by atoms with Gasteiger partial charge in [-0.3, -0.25) is 19.4 Å². The fraction of sp³-hybridized carbons (Fsp3) is 0.333. The van der Waals surface area contributed by atoms with Gasteiger partial charge in [-0.05, 0) is 42.5 Å². The van der Waals surface area contributed by atoms with Crippen LogP contribution < -0.4 is 33.2 Å². The molecule has 0 bridgehead atoms. The second-order valence-electron chi connectivity index (χ2n) is 10.4. The minimum absolute atomic E-state index is 0.0102. The van der Waals surface area contributed by atoms with Crippen LogP contribution in [0.1, 0.15) is 29.7 Å². The average Bonchev–Trinajstić information content (AvgIpc) is 3.52. The van der Waals surface area contributed by atoms with Gasteiger partial charge in [0.15, 0.2) is 5.96 Å². The third-order valence-corrected chi connectivity index (χ3v) is 6.82. The first kappa shape index (κ1) is 34.1. The number of aromatic hydroxyl groups is 1. The van der Waals surface area contributed by atoms with Crippen LogP contribution in [0.5, 0.6) is 5.75 Å². The van der Waals surface area contributed by atoms with Gasteiger partial charge < -0.3 is 48.3 Å². The number of benzene rings is 2. The highest BCUT2D eigenvalue weighted by Crippen LogP contribution is 2.12. The number of aliphatic carboxylic acids is 1. The number of carbonyl (C=O) groups excluding carboxylic acids is 3. The van der Waals surface area contributed by atoms with Crippen LogP contribution in [0.15, 0.2) is 72.1 Å². The predicted molar refractivity (Wildman–Crippen MR) is 166 cm³/mol. The molecule has 15 heteroatoms. The number of carboxylic acid groups (broad SMARTS) is 1. The van der Waals surface area contributed by atoms with Crippen LogP contribution in [0, 0.1) is 0 Å². The van der Waals surface area contributed by atoms with Crippen LogP contribution in [0.3, 0.4) is 0 Å². The number of phenolic OH excluding ortho intramolecular Hbond substituents is 1. The maximum Gasteiger partial charge on any atom is 0.326 e. The van der Waals surface area contributed by atoms with E-state index in [-0.39, 0.29) is 50.4 Å². The summed E-state index contributed by atoms with van der Waals surface area (Å²) in [6.07, 6.45) is 3.41. The summed E-state index contributed by atoms with van der Waals surface area (Å²) in [5.41, 5.74) is 18.9. The molecule has 12 N–H and O–H groups in total. The molecule has 4 atom stereocenters. The van der Waals surface area contributed by atoms with Crippen molar-refractivity contribution in [3.63, 3.8) is 0 Å². The zero-order valence-electron chi connectivity index (χ0n) is 24.6. The molecule has 1 aromatic heterocycles. The van der Waals surface area contributed by atoms with Gasteiger partial charge in [0, 0.05) is 31.3 Å². The molecule has 0 saturated heterocycles. The monoisotopic (exact) mass is 621 g/mol. The number of amides is 3. The summed E-state index contributed by atoms with van der Waals surface area (Å²) >= 11 is 0. The number of carboxylic acids is 1. The van der Waals surface area contributed by atoms with Crippen molar-refractivity contribution >= 4 is 29.7 Å². The second-order valence-corrected chi connectivity index (χ2v) is 10.4. The Hall–Kier alpha value is -5.44. The number of nitrogens with two attached hydrogens (primary N) is 3. The molecule has 3 amide bonds. The minimum Gasteiger partial charge on any atom is -0.508 e. The summed E-state index contributed by atoms with van der Waals surface area (Å²) in [5, 5.41) is 27.1. The third-order valence-electron chi connectivity index (χ3n) is 6.82. The highest BCUT2D eigenvalue weighted by molar-refractivity contribution is 5.94. The maximum absolute atomic E-state index is 13.6. The van der Waals surface area contributed by atoms with Gasteiger partial charge in [-0.2, -0.15) is 0 Å². The number of aromatic amines is 1. The number of nitrogens with one attached hydrogen (secondary N) is 4. The van der Waals surface area contributed by atoms with Crippen molar-refractivity contribution < 1.29 is 29.4 Å². The molecule has 0 aliphatic heterocycles. The highest BCUT2D eigenvalue weighted by atomic mass is 16.4. The third kappa shape index (κ3) is 11.6. The molecule has 0 fully saturated rings. The number of aliphatic imine (C=N–C) groups is 1. The summed E-state index contributed by atoms with van der Waals surface area (Å²) < 4.78 is 0. The normalized spacial score (nSPS) is 13.4. The van der Waals surface area contributed by atoms with Crippen LogP contribution >= 0.6 is 0 Å². The number of aromatic nitrogens is 2. The Balaban J connectivity index is 1.76. The van der Waals surface area contributed by atoms with Crippen LogP contribution in [-0.4, -0.2) is 80.5 Å². The zero-order valence-corrected chi connectivity index (χ0v) is 24.6. The molecule has 0 radical (unpaired) electrons. The fourth-order valence-electron chi connectivity index (χ4n) is 4.45. The first-order chi connectivity index (χ1) is 21.5. The molecule has 0 spiro atoms. The molecule has 0 saturated carbocycles. The molecular formula is C30H39N9O6. The van der Waals surface area contributed by atoms with Gasteiger partial charge in [-0.25, -0.2) is 9.78 Å². The van der Waals surface area contributed by atoms with Crippen molar-refractivity contribution in [3.05, 3.63) is 83.9 Å². The lowest BCUT2D eigenvalue weighted by Gasteiger charge is -2.25. The summed E-state index contributed by atoms with van der Waals surface area (Å²) in [7, 11) is 0. The SMILES string of the molecule is NC(N)=NCCCC(NC(=O)C(Cc1cnc[nH]1)NC(=O)C(N)Cc1ccccc1)C(=O)NC(Cc1ccc(O)cc1)C(=O)O. The van der Waals surface area contributed by atoms with Crippen LogP contribution in [0.4, 0.5) is 0 Å². The van der Waals surface area contributed by atoms with E-state index in [0.717, 1.165) is 5.56 Å². The van der Waals surface area contributed by atoms with Gasteiger partial charge in [0.05, 0.1) is 12.4 Å². The largest absolute Gasteiger partial charge is 0.508 e. The highest BCUT2D eigenvalue weighted by Gasteiger charge is 2.31. The van der Waals surface area contributed by atoms with Gasteiger partial charge in [-0.1, -0.05) is 42.5 Å². The number of H-pyrrole nitrogens is 1. The number of hydrogen-bond acceptors (Lipinski definition) is 8. The van der Waals surface area contributed by atoms with Crippen LogP contribution in [0.25, 0.3) is 0 Å². The van der Waals surface area contributed by atoms with Crippen molar-refractivity contribution in [2.24, 2.45) is 22.2 Å². The number of nitrogens with zero attached hydrogens (tertiary/aromatic N) is 2. The molecule has 15 nitrogen and oxygen atoms in total. The van der Waals surface area contributed by atoms with E-state index in [1.54, 1.807) is 0 Å². The molecule has 2 aromatic carbocycles. The Kier molecular flexibility index (Phi) is 12.9. The first-order valence-electron chi connectivity index (χ1n) is 14.3. The molecule has 0 aliphatic carbocycles. The van der Waals surface area contributed by atoms with Gasteiger partial charge in [0.25, 0.3) is 0 Å². The van der Waals surface area contributed by atoms with Crippen molar-refractivity contribution in [1.82, 2.24) is 25.9 Å². The van der Waals surface area contributed by atoms with E-state index >= 15 is 0 Å². The molecule has 3 rings (SSSR count). The molecule has 45 heavy (non-hydrogen) atoms. The number of imidazole rings is 1. The molecule has 240 valence electrons. The van der Waals surface area contributed by atoms with Crippen molar-refractivity contribution in [2.75, 3.05) is 6.54 Å². The first-order valence-corrected chi connectivity index (χ1v) is 14.3. The van der Waals surface area contributed by atoms with Crippen molar-refractivity contribution in [3.8, 4) is 5.75 Å². The number of phenols is 1. The molecule has 0 aliphatic rings. The number of guanidine groups is 1. The standard InChI is InChI=1S/C30H39N9O6/c31-22(13-18-5-2-1-3-6-18)26(41)38-24(15-20-16-34-17-36-20)28(43)37-23(7-4-12-35-30(32)33)27(42)39-25(29(44)45)14-19-8-10-21(40)11-9-19/h1-3,5-6,8-11,16-17,22-25,40H,4,7,12-15,31H2,(H,34,36)(H,37,43)(H,38,41)(H,39,42)(H,44,45)(H4,32,33,35). The van der Waals surface area contributed by atoms with Crippen LogP contribution in [0.2, 0.25) is 0 Å². The Morgan fingerprint density at radius 2 is 1.44 bits per heavy atom. The summed E-state index contributed by atoms with van der Waals surface area (Å²) in [6.45, 7) is 0.153. The molecule has 1 heterocycles. The van der Waals surface area contributed by atoms with Gasteiger partial charge in [0.2, 0.25) is 17.7 Å². The quantitative estimate of drug-likeness (QED) is 0.0507. The van der Waals surface area contributed by atoms with Gasteiger partial charge in [-0.15, -0.1) is 0 Å². The predicted octanol–water partition coefficient (Wildman–Crippen LogP) is -0.937. The summed E-state index contributed by atoms with van der Waals surface area (Å²) in [4.78, 5) is 62.8. The smallest absolute Gasteiger partial charge is 0.326 e. The van der Waals surface area contributed by atoms with E-state index < -0.39 is 47.9 Å². The topological polar surface area (TPSA) is 264 Å². The fourth-order valence-corrected chi connectivity index (χ4v) is 4.45. The zero-order chi connectivity index (χ0) is 32.8. The Bertz CT molecular complexity index is 1430. The molecular weight excluding hydrogens is 582 g/mol. The second kappa shape index (κ2) is 17.0. The van der Waals surface area contributed by atoms with Crippen molar-refractivity contribution in [2.45, 2.75) is 56.3 Å². The summed E-state index contributed by atoms with van der Waals surface area (Å²) in [5.74, 6) is -3.46. The van der Waals surface area contributed by atoms with Crippen LogP contribution in [-0.2, 0) is 38.4 Å². The average molecular weight is 622 g/mol. The van der Waals surface area contributed by atoms with Gasteiger partial charge in [0.1, 0.15) is 23.9 Å². The summed E-state index contributed by atoms with van der Waals surface area (Å²) in [6, 6.07) is 10.4. The Labute approximate surface area is 259 Å². The van der Waals surface area contributed by atoms with E-state index in [9.17, 15) is 29.4 Å². The van der Waals surface area contributed by atoms with E-state index in [1.165, 1.54) is 36.8 Å². The number of rotatable bonds is 17. The maximum atomic E-state index is 13.6.